The Kier molecular flexibility index (Phi) is 5.65. The number of hydrogen-bond donors (Lipinski definition) is 1. The van der Waals surface area contributed by atoms with Crippen LogP contribution in [0.15, 0.2) is 12.4 Å². The molecule has 7 heteroatoms. The summed E-state index contributed by atoms with van der Waals surface area (Å²) >= 11 is 0. The molecule has 0 aliphatic carbocycles. The highest BCUT2D eigenvalue weighted by molar-refractivity contribution is 5.86. The first-order valence-corrected chi connectivity index (χ1v) is 8.66. The molecular formula is C18H27N3O4. The van der Waals surface area contributed by atoms with E-state index in [0.29, 0.717) is 25.3 Å². The minimum atomic E-state index is -1.03. The monoisotopic (exact) mass is 349 g/mol. The number of likely N-dealkylation sites (tertiary alicyclic amines) is 1. The molecule has 0 radical (unpaired) electrons. The SMILES string of the molecule is CCC1(Cc2ncc(C(=O)O)cn2)CCN(C(=O)OC(C)(C)C)CC1. The second-order valence-corrected chi connectivity index (χ2v) is 7.69. The standard InChI is InChI=1S/C18H27N3O4/c1-5-18(10-14-19-11-13(12-20-14)15(22)23)6-8-21(9-7-18)16(24)25-17(2,3)4/h11-12H,5-10H2,1-4H3,(H,22,23). The smallest absolute Gasteiger partial charge is 0.410 e. The summed E-state index contributed by atoms with van der Waals surface area (Å²) in [5.74, 6) is -0.375. The third-order valence-electron chi connectivity index (χ3n) is 4.71. The van der Waals surface area contributed by atoms with Gasteiger partial charge in [-0.1, -0.05) is 6.92 Å². The fourth-order valence-electron chi connectivity index (χ4n) is 3.04. The molecule has 2 heterocycles. The fraction of sp³-hybridized carbons (Fsp3) is 0.667. The van der Waals surface area contributed by atoms with Crippen molar-refractivity contribution in [3.05, 3.63) is 23.8 Å². The lowest BCUT2D eigenvalue weighted by molar-refractivity contribution is 0.00921. The molecule has 1 aliphatic rings. The summed E-state index contributed by atoms with van der Waals surface area (Å²) < 4.78 is 5.44. The summed E-state index contributed by atoms with van der Waals surface area (Å²) in [6.07, 6.45) is 5.79. The van der Waals surface area contributed by atoms with E-state index in [4.69, 9.17) is 9.84 Å². The molecule has 0 atom stereocenters. The molecule has 1 aliphatic heterocycles. The Morgan fingerprint density at radius 2 is 1.80 bits per heavy atom. The number of aromatic carboxylic acids is 1. The van der Waals surface area contributed by atoms with Gasteiger partial charge in [-0.05, 0) is 45.4 Å². The summed E-state index contributed by atoms with van der Waals surface area (Å²) in [7, 11) is 0. The highest BCUT2D eigenvalue weighted by Gasteiger charge is 2.36. The van der Waals surface area contributed by atoms with Gasteiger partial charge < -0.3 is 14.7 Å². The second kappa shape index (κ2) is 7.37. The molecule has 1 saturated heterocycles. The van der Waals surface area contributed by atoms with Crippen LogP contribution < -0.4 is 0 Å². The lowest BCUT2D eigenvalue weighted by Crippen LogP contribution is -2.45. The Morgan fingerprint density at radius 3 is 2.24 bits per heavy atom. The molecule has 1 fully saturated rings. The Hall–Kier alpha value is -2.18. The van der Waals surface area contributed by atoms with Crippen molar-refractivity contribution < 1.29 is 19.4 Å². The topological polar surface area (TPSA) is 92.6 Å². The van der Waals surface area contributed by atoms with Crippen molar-refractivity contribution in [2.75, 3.05) is 13.1 Å². The Balaban J connectivity index is 1.98. The fourth-order valence-corrected chi connectivity index (χ4v) is 3.04. The third kappa shape index (κ3) is 5.14. The zero-order valence-corrected chi connectivity index (χ0v) is 15.4. The van der Waals surface area contributed by atoms with Gasteiger partial charge in [0.25, 0.3) is 0 Å². The number of aromatic nitrogens is 2. The van der Waals surface area contributed by atoms with Crippen LogP contribution in [0.5, 0.6) is 0 Å². The van der Waals surface area contributed by atoms with Gasteiger partial charge in [0.1, 0.15) is 11.4 Å². The lowest BCUT2D eigenvalue weighted by atomic mass is 9.73. The van der Waals surface area contributed by atoms with Gasteiger partial charge >= 0.3 is 12.1 Å². The molecule has 0 unspecified atom stereocenters. The van der Waals surface area contributed by atoms with E-state index in [1.54, 1.807) is 4.90 Å². The largest absolute Gasteiger partial charge is 0.478 e. The molecule has 138 valence electrons. The van der Waals surface area contributed by atoms with Gasteiger partial charge in [-0.25, -0.2) is 19.6 Å². The molecule has 0 spiro atoms. The van der Waals surface area contributed by atoms with Crippen molar-refractivity contribution in [3.63, 3.8) is 0 Å². The number of carboxylic acids is 1. The highest BCUT2D eigenvalue weighted by Crippen LogP contribution is 2.37. The van der Waals surface area contributed by atoms with Crippen LogP contribution in [0.25, 0.3) is 0 Å². The molecule has 1 aromatic heterocycles. The van der Waals surface area contributed by atoms with E-state index in [1.165, 1.54) is 12.4 Å². The van der Waals surface area contributed by atoms with Gasteiger partial charge in [0.15, 0.2) is 0 Å². The van der Waals surface area contributed by atoms with Gasteiger partial charge in [-0.15, -0.1) is 0 Å². The molecule has 25 heavy (non-hydrogen) atoms. The van der Waals surface area contributed by atoms with Crippen LogP contribution >= 0.6 is 0 Å². The van der Waals surface area contributed by atoms with Crippen molar-refractivity contribution in [1.29, 1.82) is 0 Å². The summed E-state index contributed by atoms with van der Waals surface area (Å²) in [5.41, 5.74) is -0.367. The normalized spacial score (nSPS) is 17.2. The summed E-state index contributed by atoms with van der Waals surface area (Å²) in [5, 5.41) is 8.93. The highest BCUT2D eigenvalue weighted by atomic mass is 16.6. The zero-order valence-electron chi connectivity index (χ0n) is 15.4. The van der Waals surface area contributed by atoms with E-state index >= 15 is 0 Å². The van der Waals surface area contributed by atoms with Crippen molar-refractivity contribution in [3.8, 4) is 0 Å². The maximum atomic E-state index is 12.2. The average molecular weight is 349 g/mol. The maximum absolute atomic E-state index is 12.2. The molecule has 1 amide bonds. The van der Waals surface area contributed by atoms with E-state index in [9.17, 15) is 9.59 Å². The van der Waals surface area contributed by atoms with E-state index in [-0.39, 0.29) is 17.1 Å². The first-order valence-electron chi connectivity index (χ1n) is 8.66. The predicted molar refractivity (Wildman–Crippen MR) is 92.5 cm³/mol. The number of hydrogen-bond acceptors (Lipinski definition) is 5. The molecule has 0 bridgehead atoms. The molecule has 2 rings (SSSR count). The van der Waals surface area contributed by atoms with Gasteiger partial charge in [-0.3, -0.25) is 0 Å². The first kappa shape index (κ1) is 19.1. The Bertz CT molecular complexity index is 614. The van der Waals surface area contributed by atoms with Crippen molar-refractivity contribution in [2.24, 2.45) is 5.41 Å². The van der Waals surface area contributed by atoms with Crippen LogP contribution in [-0.2, 0) is 11.2 Å². The maximum Gasteiger partial charge on any atom is 0.410 e. The van der Waals surface area contributed by atoms with Crippen LogP contribution in [0.2, 0.25) is 0 Å². The molecule has 1 N–H and O–H groups in total. The van der Waals surface area contributed by atoms with E-state index in [1.807, 2.05) is 20.8 Å². The van der Waals surface area contributed by atoms with E-state index in [2.05, 4.69) is 16.9 Å². The van der Waals surface area contributed by atoms with Crippen LogP contribution in [-0.4, -0.2) is 50.7 Å². The number of ether oxygens (including phenoxy) is 1. The number of piperidine rings is 1. The molecule has 1 aromatic rings. The molecule has 7 nitrogen and oxygen atoms in total. The van der Waals surface area contributed by atoms with Crippen LogP contribution in [0.1, 0.15) is 63.1 Å². The van der Waals surface area contributed by atoms with Crippen molar-refractivity contribution in [2.45, 2.75) is 59.0 Å². The Morgan fingerprint density at radius 1 is 1.24 bits per heavy atom. The quantitative estimate of drug-likeness (QED) is 0.897. The molecular weight excluding hydrogens is 322 g/mol. The number of carbonyl (C=O) groups excluding carboxylic acids is 1. The van der Waals surface area contributed by atoms with E-state index < -0.39 is 11.6 Å². The number of amides is 1. The summed E-state index contributed by atoms with van der Waals surface area (Å²) in [6, 6.07) is 0. The number of carboxylic acid groups (broad SMARTS) is 1. The number of rotatable bonds is 4. The second-order valence-electron chi connectivity index (χ2n) is 7.69. The van der Waals surface area contributed by atoms with Gasteiger partial charge in [-0.2, -0.15) is 0 Å². The number of nitrogens with zero attached hydrogens (tertiary/aromatic N) is 3. The van der Waals surface area contributed by atoms with Crippen molar-refractivity contribution in [1.82, 2.24) is 14.9 Å². The lowest BCUT2D eigenvalue weighted by Gasteiger charge is -2.41. The van der Waals surface area contributed by atoms with Crippen LogP contribution in [0.4, 0.5) is 4.79 Å². The van der Waals surface area contributed by atoms with Gasteiger partial charge in [0, 0.05) is 31.9 Å². The Labute approximate surface area is 148 Å². The summed E-state index contributed by atoms with van der Waals surface area (Å²) in [4.78, 5) is 33.2. The van der Waals surface area contributed by atoms with E-state index in [0.717, 1.165) is 19.3 Å². The van der Waals surface area contributed by atoms with Crippen LogP contribution in [0.3, 0.4) is 0 Å². The first-order chi connectivity index (χ1) is 11.6. The zero-order chi connectivity index (χ0) is 18.7. The summed E-state index contributed by atoms with van der Waals surface area (Å²) in [6.45, 7) is 9.02. The third-order valence-corrected chi connectivity index (χ3v) is 4.71. The molecule has 0 saturated carbocycles. The van der Waals surface area contributed by atoms with Crippen molar-refractivity contribution >= 4 is 12.1 Å². The minimum absolute atomic E-state index is 0.0310. The average Bonchev–Trinajstić information content (AvgIpc) is 2.54. The van der Waals surface area contributed by atoms with Gasteiger partial charge in [0.2, 0.25) is 0 Å². The number of carbonyl (C=O) groups is 2. The van der Waals surface area contributed by atoms with Gasteiger partial charge in [0.05, 0.1) is 5.56 Å². The molecule has 0 aromatic carbocycles. The predicted octanol–water partition coefficient (Wildman–Crippen LogP) is 3.14. The minimum Gasteiger partial charge on any atom is -0.478 e. The van der Waals surface area contributed by atoms with Crippen LogP contribution in [0, 0.1) is 5.41 Å².